The van der Waals surface area contributed by atoms with Gasteiger partial charge in [0.25, 0.3) is 11.2 Å². The van der Waals surface area contributed by atoms with Gasteiger partial charge in [-0.2, -0.15) is 0 Å². The molecule has 0 aliphatic heterocycles. The van der Waals surface area contributed by atoms with Gasteiger partial charge in [0.05, 0.1) is 15.8 Å². The first-order valence-electron chi connectivity index (χ1n) is 9.43. The van der Waals surface area contributed by atoms with Gasteiger partial charge in [-0.3, -0.25) is 14.9 Å². The van der Waals surface area contributed by atoms with Crippen LogP contribution in [0.5, 0.6) is 0 Å². The van der Waals surface area contributed by atoms with Crippen molar-refractivity contribution in [2.45, 2.75) is 0 Å². The monoisotopic (exact) mass is 401 g/mol. The number of nitrogens with one attached hydrogen (secondary N) is 2. The maximum Gasteiger partial charge on any atom is 0.280 e. The fraction of sp³-hybridized carbons (Fsp3) is 0.0909. The Labute approximate surface area is 171 Å². The Morgan fingerprint density at radius 2 is 1.60 bits per heavy atom. The number of non-ortho nitro benzene ring substituents is 1. The maximum atomic E-state index is 13.1. The minimum absolute atomic E-state index is 0.0416. The Morgan fingerprint density at radius 3 is 2.33 bits per heavy atom. The van der Waals surface area contributed by atoms with Crippen LogP contribution in [-0.4, -0.2) is 27.7 Å². The van der Waals surface area contributed by atoms with Gasteiger partial charge in [0.15, 0.2) is 5.82 Å². The number of aromatic nitrogens is 2. The number of anilines is 1. The van der Waals surface area contributed by atoms with Crippen molar-refractivity contribution in [3.8, 4) is 11.4 Å². The van der Waals surface area contributed by atoms with Gasteiger partial charge in [0.1, 0.15) is 0 Å². The van der Waals surface area contributed by atoms with Crippen LogP contribution < -0.4 is 16.3 Å². The number of rotatable bonds is 7. The van der Waals surface area contributed by atoms with Crippen LogP contribution >= 0.6 is 0 Å². The Hall–Kier alpha value is -4.20. The van der Waals surface area contributed by atoms with Crippen LogP contribution in [0.25, 0.3) is 22.3 Å². The highest BCUT2D eigenvalue weighted by Gasteiger charge is 2.12. The number of nitro groups is 1. The molecular weight excluding hydrogens is 382 g/mol. The predicted octanol–water partition coefficient (Wildman–Crippen LogP) is 3.63. The van der Waals surface area contributed by atoms with Gasteiger partial charge in [-0.15, -0.1) is 0 Å². The van der Waals surface area contributed by atoms with Crippen molar-refractivity contribution in [2.24, 2.45) is 0 Å². The third-order valence-corrected chi connectivity index (χ3v) is 4.61. The molecule has 30 heavy (non-hydrogen) atoms. The second kappa shape index (κ2) is 8.44. The van der Waals surface area contributed by atoms with E-state index in [-0.39, 0.29) is 11.2 Å². The van der Waals surface area contributed by atoms with Crippen LogP contribution in [0.3, 0.4) is 0 Å². The van der Waals surface area contributed by atoms with Gasteiger partial charge in [0.2, 0.25) is 0 Å². The number of hydrogen-bond donors (Lipinski definition) is 2. The van der Waals surface area contributed by atoms with Crippen molar-refractivity contribution in [3.05, 3.63) is 99.3 Å². The van der Waals surface area contributed by atoms with Gasteiger partial charge >= 0.3 is 0 Å². The fourth-order valence-electron chi connectivity index (χ4n) is 3.14. The number of nitro benzene ring substituents is 1. The summed E-state index contributed by atoms with van der Waals surface area (Å²) in [6, 6.07) is 23.0. The molecule has 1 heterocycles. The third kappa shape index (κ3) is 3.97. The lowest BCUT2D eigenvalue weighted by atomic mass is 10.2. The van der Waals surface area contributed by atoms with E-state index in [9.17, 15) is 14.9 Å². The van der Waals surface area contributed by atoms with Gasteiger partial charge in [-0.05, 0) is 24.3 Å². The first-order chi connectivity index (χ1) is 14.6. The molecule has 0 aliphatic carbocycles. The molecule has 8 nitrogen and oxygen atoms in total. The molecule has 0 spiro atoms. The number of nitrogens with zero attached hydrogens (tertiary/aromatic N) is 3. The molecule has 0 unspecified atom stereocenters. The van der Waals surface area contributed by atoms with E-state index >= 15 is 0 Å². The minimum atomic E-state index is -0.435. The molecule has 0 radical (unpaired) electrons. The molecule has 8 heteroatoms. The second-order valence-electron chi connectivity index (χ2n) is 6.60. The molecule has 0 amide bonds. The summed E-state index contributed by atoms with van der Waals surface area (Å²) in [4.78, 5) is 28.1. The smallest absolute Gasteiger partial charge is 0.280 e. The minimum Gasteiger partial charge on any atom is -0.383 e. The first-order valence-corrected chi connectivity index (χ1v) is 9.43. The van der Waals surface area contributed by atoms with E-state index < -0.39 is 4.92 Å². The SMILES string of the molecule is O=c1c2ccccc2nc(-c2ccccc2)n1NCCNc1ccc([N+](=O)[O-])cc1. The highest BCUT2D eigenvalue weighted by atomic mass is 16.6. The average Bonchev–Trinajstić information content (AvgIpc) is 2.78. The first kappa shape index (κ1) is 19.1. The highest BCUT2D eigenvalue weighted by molar-refractivity contribution is 5.79. The van der Waals surface area contributed by atoms with E-state index in [1.54, 1.807) is 18.2 Å². The normalized spacial score (nSPS) is 10.7. The van der Waals surface area contributed by atoms with Crippen molar-refractivity contribution in [1.29, 1.82) is 0 Å². The molecule has 150 valence electrons. The van der Waals surface area contributed by atoms with Crippen molar-refractivity contribution >= 4 is 22.3 Å². The van der Waals surface area contributed by atoms with Crippen LogP contribution in [-0.2, 0) is 0 Å². The summed E-state index contributed by atoms with van der Waals surface area (Å²) >= 11 is 0. The van der Waals surface area contributed by atoms with Crippen molar-refractivity contribution in [2.75, 3.05) is 23.8 Å². The molecule has 2 N–H and O–H groups in total. The molecule has 4 rings (SSSR count). The highest BCUT2D eigenvalue weighted by Crippen LogP contribution is 2.18. The van der Waals surface area contributed by atoms with Crippen LogP contribution in [0, 0.1) is 10.1 Å². The number of hydrogen-bond acceptors (Lipinski definition) is 6. The Morgan fingerprint density at radius 1 is 0.900 bits per heavy atom. The Kier molecular flexibility index (Phi) is 5.38. The van der Waals surface area contributed by atoms with Gasteiger partial charge in [0, 0.05) is 36.5 Å². The summed E-state index contributed by atoms with van der Waals surface area (Å²) in [7, 11) is 0. The van der Waals surface area contributed by atoms with Crippen LogP contribution in [0.2, 0.25) is 0 Å². The summed E-state index contributed by atoms with van der Waals surface area (Å²) in [6.07, 6.45) is 0. The summed E-state index contributed by atoms with van der Waals surface area (Å²) in [6.45, 7) is 0.946. The van der Waals surface area contributed by atoms with Crippen molar-refractivity contribution in [1.82, 2.24) is 9.66 Å². The summed E-state index contributed by atoms with van der Waals surface area (Å²) in [5.41, 5.74) is 5.24. The number of benzene rings is 3. The molecule has 0 fully saturated rings. The molecule has 0 bridgehead atoms. The lowest BCUT2D eigenvalue weighted by Crippen LogP contribution is -2.34. The lowest BCUT2D eigenvalue weighted by Gasteiger charge is -2.16. The molecule has 0 saturated carbocycles. The number of para-hydroxylation sites is 1. The van der Waals surface area contributed by atoms with Gasteiger partial charge in [-0.25, -0.2) is 9.66 Å². The van der Waals surface area contributed by atoms with Crippen molar-refractivity contribution in [3.63, 3.8) is 0 Å². The molecule has 0 aliphatic rings. The number of fused-ring (bicyclic) bond motifs is 1. The zero-order chi connectivity index (χ0) is 20.9. The van der Waals surface area contributed by atoms with Gasteiger partial charge in [-0.1, -0.05) is 42.5 Å². The second-order valence-corrected chi connectivity index (χ2v) is 6.60. The van der Waals surface area contributed by atoms with Crippen LogP contribution in [0.1, 0.15) is 0 Å². The van der Waals surface area contributed by atoms with E-state index in [4.69, 9.17) is 0 Å². The summed E-state index contributed by atoms with van der Waals surface area (Å²) in [5.74, 6) is 0.537. The topological polar surface area (TPSA) is 102 Å². The van der Waals surface area contributed by atoms with Crippen LogP contribution in [0.4, 0.5) is 11.4 Å². The molecule has 0 saturated heterocycles. The molecule has 0 atom stereocenters. The Bertz CT molecular complexity index is 1240. The molecule has 3 aromatic carbocycles. The maximum absolute atomic E-state index is 13.1. The van der Waals surface area contributed by atoms with E-state index in [1.807, 2.05) is 48.5 Å². The zero-order valence-electron chi connectivity index (χ0n) is 16.0. The molecule has 4 aromatic rings. The van der Waals surface area contributed by atoms with E-state index in [2.05, 4.69) is 15.7 Å². The molecular formula is C22H19N5O3. The van der Waals surface area contributed by atoms with E-state index in [0.29, 0.717) is 29.8 Å². The fourth-order valence-corrected chi connectivity index (χ4v) is 3.14. The van der Waals surface area contributed by atoms with E-state index in [0.717, 1.165) is 11.3 Å². The largest absolute Gasteiger partial charge is 0.383 e. The Balaban J connectivity index is 1.55. The lowest BCUT2D eigenvalue weighted by molar-refractivity contribution is -0.384. The van der Waals surface area contributed by atoms with E-state index in [1.165, 1.54) is 16.8 Å². The van der Waals surface area contributed by atoms with Crippen molar-refractivity contribution < 1.29 is 4.92 Å². The average molecular weight is 401 g/mol. The zero-order valence-corrected chi connectivity index (χ0v) is 16.0. The predicted molar refractivity (Wildman–Crippen MR) is 117 cm³/mol. The third-order valence-electron chi connectivity index (χ3n) is 4.61. The van der Waals surface area contributed by atoms with Gasteiger partial charge < -0.3 is 10.7 Å². The molecule has 1 aromatic heterocycles. The quantitative estimate of drug-likeness (QED) is 0.279. The van der Waals surface area contributed by atoms with Crippen LogP contribution in [0.15, 0.2) is 83.7 Å². The summed E-state index contributed by atoms with van der Waals surface area (Å²) < 4.78 is 1.47. The standard InChI is InChI=1S/C22H19N5O3/c28-22-19-8-4-5-9-20(19)25-21(16-6-2-1-3-7-16)26(22)24-15-14-23-17-10-12-18(13-11-17)27(29)30/h1-13,23-24H,14-15H2. The summed E-state index contributed by atoms with van der Waals surface area (Å²) in [5, 5.41) is 14.5.